The molecule has 1 N–H and O–H groups in total. The van der Waals surface area contributed by atoms with E-state index in [-0.39, 0.29) is 0 Å². The molecule has 0 saturated carbocycles. The number of aliphatic hydroxyl groups is 1. The van der Waals surface area contributed by atoms with Crippen molar-refractivity contribution in [3.63, 3.8) is 0 Å². The Hall–Kier alpha value is -1.77. The third kappa shape index (κ3) is 2.26. The fraction of sp³-hybridized carbons (Fsp3) is 0.400. The van der Waals surface area contributed by atoms with Crippen LogP contribution in [0.2, 0.25) is 0 Å². The summed E-state index contributed by atoms with van der Waals surface area (Å²) in [6.07, 6.45) is 4.48. The molecule has 0 fully saturated rings. The number of ether oxygens (including phenoxy) is 1. The van der Waals surface area contributed by atoms with Crippen LogP contribution in [-0.2, 0) is 11.3 Å². The van der Waals surface area contributed by atoms with Gasteiger partial charge in [-0.2, -0.15) is 4.58 Å². The summed E-state index contributed by atoms with van der Waals surface area (Å²) in [7, 11) is 0. The van der Waals surface area contributed by atoms with E-state index >= 15 is 0 Å². The zero-order valence-corrected chi connectivity index (χ0v) is 10.4. The molecule has 2 aliphatic rings. The number of hydrogen-bond donors (Lipinski definition) is 1. The van der Waals surface area contributed by atoms with Crippen molar-refractivity contribution in [3.05, 3.63) is 47.9 Å². The van der Waals surface area contributed by atoms with Crippen LogP contribution < -0.4 is 0 Å². The van der Waals surface area contributed by atoms with Crippen LogP contribution in [-0.4, -0.2) is 22.1 Å². The highest BCUT2D eigenvalue weighted by Crippen LogP contribution is 2.26. The van der Waals surface area contributed by atoms with Gasteiger partial charge in [0.1, 0.15) is 18.6 Å². The Morgan fingerprint density at radius 3 is 2.94 bits per heavy atom. The summed E-state index contributed by atoms with van der Waals surface area (Å²) in [5.41, 5.74) is 1.30. The first-order valence-electron chi connectivity index (χ1n) is 6.53. The molecule has 2 aliphatic heterocycles. The molecule has 0 saturated heterocycles. The van der Waals surface area contributed by atoms with Gasteiger partial charge in [0, 0.05) is 18.4 Å². The van der Waals surface area contributed by atoms with E-state index in [1.165, 1.54) is 11.8 Å². The van der Waals surface area contributed by atoms with Crippen LogP contribution in [0.1, 0.15) is 24.8 Å². The minimum Gasteiger partial charge on any atom is -0.509 e. The van der Waals surface area contributed by atoms with Gasteiger partial charge < -0.3 is 9.84 Å². The number of allylic oxidation sites excluding steroid dienone is 1. The average Bonchev–Trinajstić information content (AvgIpc) is 2.40. The normalized spacial score (nSPS) is 23.1. The first-order chi connectivity index (χ1) is 8.83. The third-order valence-corrected chi connectivity index (χ3v) is 3.63. The molecule has 1 aromatic rings. The number of nitrogens with zero attached hydrogens (tertiary/aromatic N) is 1. The Morgan fingerprint density at radius 2 is 2.11 bits per heavy atom. The maximum absolute atomic E-state index is 9.53. The van der Waals surface area contributed by atoms with Gasteiger partial charge in [-0.25, -0.2) is 0 Å². The van der Waals surface area contributed by atoms with Crippen molar-refractivity contribution in [3.8, 4) is 0 Å². The molecule has 0 spiro atoms. The van der Waals surface area contributed by atoms with Gasteiger partial charge >= 0.3 is 5.90 Å². The molecule has 18 heavy (non-hydrogen) atoms. The summed E-state index contributed by atoms with van der Waals surface area (Å²) < 4.78 is 7.91. The van der Waals surface area contributed by atoms with E-state index in [1.54, 1.807) is 0 Å². The lowest BCUT2D eigenvalue weighted by atomic mass is 9.94. The zero-order valence-electron chi connectivity index (χ0n) is 10.4. The molecule has 0 amide bonds. The van der Waals surface area contributed by atoms with Crippen LogP contribution >= 0.6 is 0 Å². The van der Waals surface area contributed by atoms with Gasteiger partial charge in [0.2, 0.25) is 0 Å². The number of hydrogen-bond acceptors (Lipinski definition) is 2. The van der Waals surface area contributed by atoms with E-state index in [4.69, 9.17) is 4.74 Å². The number of rotatable bonds is 2. The van der Waals surface area contributed by atoms with E-state index in [0.717, 1.165) is 38.2 Å². The summed E-state index contributed by atoms with van der Waals surface area (Å²) in [6, 6.07) is 10.4. The van der Waals surface area contributed by atoms with Crippen molar-refractivity contribution in [2.45, 2.75) is 25.8 Å². The smallest absolute Gasteiger partial charge is 0.345 e. The van der Waals surface area contributed by atoms with Crippen LogP contribution in [0, 0.1) is 5.92 Å². The van der Waals surface area contributed by atoms with Gasteiger partial charge in [-0.1, -0.05) is 30.3 Å². The van der Waals surface area contributed by atoms with Gasteiger partial charge in [0.25, 0.3) is 0 Å². The lowest BCUT2D eigenvalue weighted by molar-refractivity contribution is -0.559. The van der Waals surface area contributed by atoms with E-state index in [1.807, 2.05) is 6.07 Å². The second-order valence-corrected chi connectivity index (χ2v) is 5.02. The van der Waals surface area contributed by atoms with Gasteiger partial charge in [-0.05, 0) is 6.42 Å². The van der Waals surface area contributed by atoms with Crippen molar-refractivity contribution in [1.82, 2.24) is 0 Å². The fourth-order valence-electron chi connectivity index (χ4n) is 2.77. The molecule has 3 heteroatoms. The van der Waals surface area contributed by atoms with Gasteiger partial charge in [0.05, 0.1) is 5.92 Å². The monoisotopic (exact) mass is 244 g/mol. The first kappa shape index (κ1) is 11.3. The molecule has 0 aliphatic carbocycles. The predicted octanol–water partition coefficient (Wildman–Crippen LogP) is 2.83. The van der Waals surface area contributed by atoms with Crippen LogP contribution in [0.4, 0.5) is 0 Å². The number of aliphatic hydroxyl groups excluding tert-OH is 1. The molecule has 2 heterocycles. The minimum atomic E-state index is 0.354. The van der Waals surface area contributed by atoms with Gasteiger partial charge in [0.15, 0.2) is 6.54 Å². The van der Waals surface area contributed by atoms with E-state index in [2.05, 4.69) is 28.8 Å². The molecule has 0 radical (unpaired) electrons. The summed E-state index contributed by atoms with van der Waals surface area (Å²) in [5.74, 6) is 1.75. The quantitative estimate of drug-likeness (QED) is 0.811. The number of fused-ring (bicyclic) bond motifs is 1. The molecule has 1 atom stereocenters. The summed E-state index contributed by atoms with van der Waals surface area (Å²) in [4.78, 5) is 0. The summed E-state index contributed by atoms with van der Waals surface area (Å²) in [5, 5.41) is 9.53. The van der Waals surface area contributed by atoms with Crippen LogP contribution in [0.15, 0.2) is 42.4 Å². The molecule has 1 aromatic carbocycles. The lowest BCUT2D eigenvalue weighted by Gasteiger charge is -2.24. The molecule has 0 aromatic heterocycles. The van der Waals surface area contributed by atoms with Gasteiger partial charge in [-0.15, -0.1) is 0 Å². The minimum absolute atomic E-state index is 0.354. The summed E-state index contributed by atoms with van der Waals surface area (Å²) >= 11 is 0. The van der Waals surface area contributed by atoms with Crippen molar-refractivity contribution in [2.75, 3.05) is 6.54 Å². The summed E-state index contributed by atoms with van der Waals surface area (Å²) in [6.45, 7) is 1.93. The highest BCUT2D eigenvalue weighted by molar-refractivity contribution is 5.76. The third-order valence-electron chi connectivity index (χ3n) is 3.63. The lowest BCUT2D eigenvalue weighted by Crippen LogP contribution is -2.36. The maximum Gasteiger partial charge on any atom is 0.345 e. The van der Waals surface area contributed by atoms with Gasteiger partial charge in [-0.3, -0.25) is 0 Å². The molecule has 3 rings (SSSR count). The van der Waals surface area contributed by atoms with Crippen LogP contribution in [0.5, 0.6) is 0 Å². The van der Waals surface area contributed by atoms with E-state index in [0.29, 0.717) is 11.7 Å². The molecule has 94 valence electrons. The Balaban J connectivity index is 1.86. The Morgan fingerprint density at radius 1 is 1.28 bits per heavy atom. The zero-order chi connectivity index (χ0) is 12.4. The SMILES string of the molecule is OC1=COC2=[N+](Cc3ccccc3)CCCC2C1. The average molecular weight is 244 g/mol. The Labute approximate surface area is 107 Å². The topological polar surface area (TPSA) is 32.5 Å². The molecule has 0 bridgehead atoms. The second kappa shape index (κ2) is 4.84. The van der Waals surface area contributed by atoms with E-state index < -0.39 is 0 Å². The van der Waals surface area contributed by atoms with Crippen molar-refractivity contribution < 1.29 is 14.4 Å². The van der Waals surface area contributed by atoms with Crippen LogP contribution in [0.25, 0.3) is 0 Å². The van der Waals surface area contributed by atoms with E-state index in [9.17, 15) is 5.11 Å². The van der Waals surface area contributed by atoms with Crippen molar-refractivity contribution in [2.24, 2.45) is 5.92 Å². The Kier molecular flexibility index (Phi) is 3.05. The highest BCUT2D eigenvalue weighted by atomic mass is 16.5. The molecule has 1 unspecified atom stereocenters. The Bertz CT molecular complexity index is 490. The predicted molar refractivity (Wildman–Crippen MR) is 69.4 cm³/mol. The highest BCUT2D eigenvalue weighted by Gasteiger charge is 2.35. The first-order valence-corrected chi connectivity index (χ1v) is 6.53. The largest absolute Gasteiger partial charge is 0.509 e. The standard InChI is InChI=1S/C15H17NO2/c17-14-9-13-7-4-8-16(15(13)18-11-14)10-12-5-2-1-3-6-12/h1-3,5-6,11,13H,4,7-10H2/p+1. The fourth-order valence-corrected chi connectivity index (χ4v) is 2.77. The molecule has 3 nitrogen and oxygen atoms in total. The van der Waals surface area contributed by atoms with Crippen LogP contribution in [0.3, 0.4) is 0 Å². The molecular weight excluding hydrogens is 226 g/mol. The van der Waals surface area contributed by atoms with Crippen molar-refractivity contribution in [1.29, 1.82) is 0 Å². The molecular formula is C15H18NO2+. The maximum atomic E-state index is 9.53. The second-order valence-electron chi connectivity index (χ2n) is 5.02. The van der Waals surface area contributed by atoms with Crippen molar-refractivity contribution >= 4 is 5.90 Å². The number of benzene rings is 1.